The molecule has 0 unspecified atom stereocenters. The van der Waals surface area contributed by atoms with E-state index in [0.29, 0.717) is 12.1 Å². The molecule has 0 saturated carbocycles. The number of amides is 1. The number of hydrogen-bond donors (Lipinski definition) is 2. The van der Waals surface area contributed by atoms with Crippen molar-refractivity contribution in [3.8, 4) is 0 Å². The molecule has 1 saturated heterocycles. The van der Waals surface area contributed by atoms with Gasteiger partial charge in [0, 0.05) is 51.5 Å². The van der Waals surface area contributed by atoms with Crippen molar-refractivity contribution in [3.05, 3.63) is 65.2 Å². The Morgan fingerprint density at radius 3 is 2.58 bits per heavy atom. The first kappa shape index (κ1) is 26.9. The highest BCUT2D eigenvalue weighted by Crippen LogP contribution is 2.22. The summed E-state index contributed by atoms with van der Waals surface area (Å²) in [6, 6.07) is 16.3. The van der Waals surface area contributed by atoms with Crippen molar-refractivity contribution in [3.63, 3.8) is 0 Å². The summed E-state index contributed by atoms with van der Waals surface area (Å²) in [7, 11) is 3.54. The van der Waals surface area contributed by atoms with Crippen molar-refractivity contribution >= 4 is 41.5 Å². The largest absolute Gasteiger partial charge is 0.378 e. The van der Waals surface area contributed by atoms with Crippen LogP contribution in [-0.4, -0.2) is 70.3 Å². The predicted octanol–water partition coefficient (Wildman–Crippen LogP) is 3.14. The summed E-state index contributed by atoms with van der Waals surface area (Å²) in [5.74, 6) is 0.818. The Hall–Kier alpha value is -2.33. The van der Waals surface area contributed by atoms with Crippen molar-refractivity contribution in [2.45, 2.75) is 19.9 Å². The van der Waals surface area contributed by atoms with Crippen molar-refractivity contribution in [2.24, 2.45) is 4.99 Å². The van der Waals surface area contributed by atoms with E-state index in [0.717, 1.165) is 57.3 Å². The predicted molar refractivity (Wildman–Crippen MR) is 146 cm³/mol. The fourth-order valence-corrected chi connectivity index (χ4v) is 3.71. The summed E-state index contributed by atoms with van der Waals surface area (Å²) in [4.78, 5) is 21.0. The van der Waals surface area contributed by atoms with E-state index in [1.54, 1.807) is 19.0 Å². The third-order valence-electron chi connectivity index (χ3n) is 5.38. The second-order valence-corrected chi connectivity index (χ2v) is 8.00. The van der Waals surface area contributed by atoms with E-state index in [1.807, 2.05) is 18.2 Å². The number of carbonyl (C=O) groups is 1. The molecule has 1 amide bonds. The molecule has 8 heteroatoms. The van der Waals surface area contributed by atoms with Crippen molar-refractivity contribution in [1.82, 2.24) is 15.5 Å². The van der Waals surface area contributed by atoms with Gasteiger partial charge in [-0.05, 0) is 42.7 Å². The minimum absolute atomic E-state index is 0. The summed E-state index contributed by atoms with van der Waals surface area (Å²) in [6.07, 6.45) is 0.809. The summed E-state index contributed by atoms with van der Waals surface area (Å²) in [5.41, 5.74) is 4.28. The van der Waals surface area contributed by atoms with Crippen LogP contribution in [0.1, 0.15) is 28.4 Å². The molecule has 180 valence electrons. The van der Waals surface area contributed by atoms with Crippen LogP contribution in [0.5, 0.6) is 0 Å². The summed E-state index contributed by atoms with van der Waals surface area (Å²) in [5, 5.41) is 6.75. The van der Waals surface area contributed by atoms with Crippen LogP contribution in [0.25, 0.3) is 0 Å². The van der Waals surface area contributed by atoms with Crippen LogP contribution in [0.3, 0.4) is 0 Å². The number of halogens is 1. The molecule has 1 fully saturated rings. The standard InChI is InChI=1S/C25H35N5O2.HI/c1-4-26-25(27-13-12-20-8-7-10-21(18-20)24(31)29(2)3)28-19-22-9-5-6-11-23(22)30-14-16-32-17-15-30;/h5-11,18H,4,12-17,19H2,1-3H3,(H2,26,27,28);1H. The zero-order valence-corrected chi connectivity index (χ0v) is 22.2. The number of benzene rings is 2. The molecule has 1 aliphatic rings. The van der Waals surface area contributed by atoms with Gasteiger partial charge in [0.2, 0.25) is 0 Å². The molecule has 0 bridgehead atoms. The number of morpholine rings is 1. The summed E-state index contributed by atoms with van der Waals surface area (Å²) in [6.45, 7) is 7.56. The van der Waals surface area contributed by atoms with Gasteiger partial charge in [-0.2, -0.15) is 0 Å². The number of aliphatic imine (C=N–C) groups is 1. The lowest BCUT2D eigenvalue weighted by Gasteiger charge is -2.30. The van der Waals surface area contributed by atoms with E-state index < -0.39 is 0 Å². The van der Waals surface area contributed by atoms with Gasteiger partial charge in [0.1, 0.15) is 0 Å². The quantitative estimate of drug-likeness (QED) is 0.293. The Labute approximate surface area is 214 Å². The molecule has 1 heterocycles. The normalized spacial score (nSPS) is 13.8. The monoisotopic (exact) mass is 565 g/mol. The molecule has 0 atom stereocenters. The Balaban J connectivity index is 0.00000385. The number of para-hydroxylation sites is 1. The van der Waals surface area contributed by atoms with Gasteiger partial charge < -0.3 is 25.2 Å². The molecular formula is C25H36IN5O2. The van der Waals surface area contributed by atoms with Crippen LogP contribution in [-0.2, 0) is 17.7 Å². The van der Waals surface area contributed by atoms with Gasteiger partial charge in [-0.1, -0.05) is 30.3 Å². The van der Waals surface area contributed by atoms with Gasteiger partial charge >= 0.3 is 0 Å². The van der Waals surface area contributed by atoms with Crippen LogP contribution in [0, 0.1) is 0 Å². The maximum Gasteiger partial charge on any atom is 0.253 e. The maximum atomic E-state index is 12.2. The number of hydrogen-bond acceptors (Lipinski definition) is 4. The van der Waals surface area contributed by atoms with Crippen molar-refractivity contribution < 1.29 is 9.53 Å². The summed E-state index contributed by atoms with van der Waals surface area (Å²) >= 11 is 0. The minimum Gasteiger partial charge on any atom is -0.378 e. The minimum atomic E-state index is 0. The number of rotatable bonds is 8. The van der Waals surface area contributed by atoms with E-state index in [-0.39, 0.29) is 29.9 Å². The van der Waals surface area contributed by atoms with Crippen molar-refractivity contribution in [2.75, 3.05) is 58.4 Å². The molecular weight excluding hydrogens is 529 g/mol. The fourth-order valence-electron chi connectivity index (χ4n) is 3.71. The van der Waals surface area contributed by atoms with Crippen LogP contribution >= 0.6 is 24.0 Å². The highest BCUT2D eigenvalue weighted by Gasteiger charge is 2.14. The molecule has 0 spiro atoms. The first-order valence-electron chi connectivity index (χ1n) is 11.3. The van der Waals surface area contributed by atoms with Gasteiger partial charge in [0.25, 0.3) is 5.91 Å². The smallest absolute Gasteiger partial charge is 0.253 e. The molecule has 7 nitrogen and oxygen atoms in total. The molecule has 33 heavy (non-hydrogen) atoms. The zero-order chi connectivity index (χ0) is 22.8. The van der Waals surface area contributed by atoms with E-state index >= 15 is 0 Å². The average molecular weight is 566 g/mol. The Kier molecular flexibility index (Phi) is 11.5. The van der Waals surface area contributed by atoms with Crippen molar-refractivity contribution in [1.29, 1.82) is 0 Å². The molecule has 2 aromatic rings. The van der Waals surface area contributed by atoms with Crippen LogP contribution in [0.4, 0.5) is 5.69 Å². The molecule has 0 aliphatic carbocycles. The van der Waals surface area contributed by atoms with E-state index in [9.17, 15) is 4.79 Å². The Morgan fingerprint density at radius 2 is 1.85 bits per heavy atom. The van der Waals surface area contributed by atoms with Gasteiger partial charge in [0.15, 0.2) is 5.96 Å². The average Bonchev–Trinajstić information content (AvgIpc) is 2.83. The van der Waals surface area contributed by atoms with Crippen LogP contribution in [0.2, 0.25) is 0 Å². The molecule has 0 aromatic heterocycles. The topological polar surface area (TPSA) is 69.2 Å². The van der Waals surface area contributed by atoms with Gasteiger partial charge in [-0.15, -0.1) is 24.0 Å². The Bertz CT molecular complexity index is 913. The van der Waals surface area contributed by atoms with E-state index in [1.165, 1.54) is 11.3 Å². The zero-order valence-electron chi connectivity index (χ0n) is 19.8. The number of anilines is 1. The maximum absolute atomic E-state index is 12.2. The second kappa shape index (κ2) is 14.0. The fraction of sp³-hybridized carbons (Fsp3) is 0.440. The Morgan fingerprint density at radius 1 is 1.09 bits per heavy atom. The number of nitrogens with zero attached hydrogens (tertiary/aromatic N) is 3. The number of guanidine groups is 1. The molecule has 3 rings (SSSR count). The van der Waals surface area contributed by atoms with Crippen LogP contribution in [0.15, 0.2) is 53.5 Å². The number of nitrogens with one attached hydrogen (secondary N) is 2. The van der Waals surface area contributed by atoms with Gasteiger partial charge in [-0.3, -0.25) is 4.79 Å². The number of carbonyl (C=O) groups excluding carboxylic acids is 1. The summed E-state index contributed by atoms with van der Waals surface area (Å²) < 4.78 is 5.49. The SMILES string of the molecule is CCNC(=NCc1ccccc1N1CCOCC1)NCCc1cccc(C(=O)N(C)C)c1.I. The van der Waals surface area contributed by atoms with Gasteiger partial charge in [-0.25, -0.2) is 4.99 Å². The lowest BCUT2D eigenvalue weighted by Crippen LogP contribution is -2.38. The third-order valence-corrected chi connectivity index (χ3v) is 5.38. The van der Waals surface area contributed by atoms with E-state index in [2.05, 4.69) is 52.8 Å². The highest BCUT2D eigenvalue weighted by atomic mass is 127. The molecule has 1 aliphatic heterocycles. The van der Waals surface area contributed by atoms with E-state index in [4.69, 9.17) is 9.73 Å². The number of ether oxygens (including phenoxy) is 1. The highest BCUT2D eigenvalue weighted by molar-refractivity contribution is 14.0. The molecule has 2 N–H and O–H groups in total. The second-order valence-electron chi connectivity index (χ2n) is 8.00. The van der Waals surface area contributed by atoms with Crippen LogP contribution < -0.4 is 15.5 Å². The molecule has 0 radical (unpaired) electrons. The third kappa shape index (κ3) is 8.19. The first-order valence-corrected chi connectivity index (χ1v) is 11.3. The lowest BCUT2D eigenvalue weighted by molar-refractivity contribution is 0.0827. The van der Waals surface area contributed by atoms with Gasteiger partial charge in [0.05, 0.1) is 19.8 Å². The lowest BCUT2D eigenvalue weighted by atomic mass is 10.1. The first-order chi connectivity index (χ1) is 15.6. The molecule has 2 aromatic carbocycles.